The molecule has 0 saturated carbocycles. The van der Waals surface area contributed by atoms with Gasteiger partial charge in [-0.25, -0.2) is 9.97 Å². The molecule has 208 valence electrons. The molecule has 0 aliphatic carbocycles. The topological polar surface area (TPSA) is 120 Å². The zero-order chi connectivity index (χ0) is 28.4. The average Bonchev–Trinajstić information content (AvgIpc) is 3.36. The summed E-state index contributed by atoms with van der Waals surface area (Å²) in [6, 6.07) is 7.21. The summed E-state index contributed by atoms with van der Waals surface area (Å²) in [5.74, 6) is 0.962. The molecule has 0 bridgehead atoms. The Labute approximate surface area is 231 Å². The smallest absolute Gasteiger partial charge is 0.255 e. The number of piperazine rings is 1. The van der Waals surface area contributed by atoms with Crippen LogP contribution in [-0.2, 0) is 11.3 Å². The predicted octanol–water partition coefficient (Wildman–Crippen LogP) is 4.28. The number of nitrogens with zero attached hydrogens (tertiary/aromatic N) is 4. The molecule has 39 heavy (non-hydrogen) atoms. The third kappa shape index (κ3) is 8.00. The molecule has 1 fully saturated rings. The van der Waals surface area contributed by atoms with Gasteiger partial charge >= 0.3 is 0 Å². The molecule has 1 aliphatic heterocycles. The first-order valence-electron chi connectivity index (χ1n) is 13.5. The molecule has 2 aromatic heterocycles. The Kier molecular flexibility index (Phi) is 10.8. The number of nitrogens with two attached hydrogens (primary N) is 1. The summed E-state index contributed by atoms with van der Waals surface area (Å²) in [6.07, 6.45) is 10.5. The maximum Gasteiger partial charge on any atom is 0.255 e. The number of hydrogen-bond donors (Lipinski definition) is 3. The van der Waals surface area contributed by atoms with E-state index >= 15 is 0 Å². The zero-order valence-electron chi connectivity index (χ0n) is 23.5. The minimum atomic E-state index is -0.525. The minimum absolute atomic E-state index is 0.0222. The number of carbonyl (C=O) groups excluding carboxylic acids is 2. The molecule has 2 amide bonds. The Balaban J connectivity index is 0.000000631. The number of hydrogen-bond acceptors (Lipinski definition) is 6. The fourth-order valence-electron chi connectivity index (χ4n) is 4.40. The van der Waals surface area contributed by atoms with Crippen LogP contribution in [0.2, 0.25) is 0 Å². The molecular weight excluding hydrogens is 490 g/mol. The SMILES string of the molecule is C=C/C=C\CC.Cc1c[nH]cc1C(=O)N1CCN(Cc2nc(NC(C(N)=O)C(C)C)c3ccccc3n2)CC1. The van der Waals surface area contributed by atoms with Gasteiger partial charge < -0.3 is 20.9 Å². The number of nitrogens with one attached hydrogen (secondary N) is 2. The van der Waals surface area contributed by atoms with Crippen molar-refractivity contribution in [3.8, 4) is 0 Å². The molecule has 1 aromatic carbocycles. The molecule has 3 heterocycles. The number of para-hydroxylation sites is 1. The fraction of sp³-hybridized carbons (Fsp3) is 0.400. The molecule has 4 rings (SSSR count). The number of rotatable bonds is 9. The lowest BCUT2D eigenvalue weighted by Gasteiger charge is -2.34. The molecule has 0 radical (unpaired) electrons. The van der Waals surface area contributed by atoms with Gasteiger partial charge in [0.05, 0.1) is 17.6 Å². The van der Waals surface area contributed by atoms with E-state index < -0.39 is 11.9 Å². The van der Waals surface area contributed by atoms with Crippen LogP contribution in [0.1, 0.15) is 48.9 Å². The van der Waals surface area contributed by atoms with E-state index in [-0.39, 0.29) is 11.8 Å². The largest absolute Gasteiger partial charge is 0.368 e. The number of H-pyrrole nitrogens is 1. The number of amides is 2. The Morgan fingerprint density at radius 1 is 1.15 bits per heavy atom. The van der Waals surface area contributed by atoms with Crippen molar-refractivity contribution in [2.45, 2.75) is 46.7 Å². The molecule has 1 saturated heterocycles. The van der Waals surface area contributed by atoms with Gasteiger partial charge in [0.15, 0.2) is 0 Å². The lowest BCUT2D eigenvalue weighted by Crippen LogP contribution is -2.48. The number of fused-ring (bicyclic) bond motifs is 1. The van der Waals surface area contributed by atoms with Crippen molar-refractivity contribution in [3.05, 3.63) is 78.4 Å². The first kappa shape index (κ1) is 29.6. The summed E-state index contributed by atoms with van der Waals surface area (Å²) in [5.41, 5.74) is 8.11. The highest BCUT2D eigenvalue weighted by molar-refractivity contribution is 5.95. The highest BCUT2D eigenvalue weighted by Crippen LogP contribution is 2.23. The van der Waals surface area contributed by atoms with Crippen LogP contribution in [0.4, 0.5) is 5.82 Å². The number of aromatic amines is 1. The third-order valence-electron chi connectivity index (χ3n) is 6.63. The zero-order valence-corrected chi connectivity index (χ0v) is 23.5. The number of anilines is 1. The number of allylic oxidation sites excluding steroid dienone is 3. The van der Waals surface area contributed by atoms with Crippen LogP contribution in [0.25, 0.3) is 10.9 Å². The van der Waals surface area contributed by atoms with Crippen LogP contribution in [0.15, 0.2) is 61.5 Å². The maximum atomic E-state index is 12.8. The summed E-state index contributed by atoms with van der Waals surface area (Å²) < 4.78 is 0. The number of carbonyl (C=O) groups is 2. The molecule has 3 aromatic rings. The van der Waals surface area contributed by atoms with Crippen molar-refractivity contribution in [1.82, 2.24) is 24.8 Å². The van der Waals surface area contributed by atoms with Crippen LogP contribution in [0, 0.1) is 12.8 Å². The van der Waals surface area contributed by atoms with Crippen molar-refractivity contribution >= 4 is 28.5 Å². The molecular formula is C30H41N7O2. The second-order valence-electron chi connectivity index (χ2n) is 9.97. The quantitative estimate of drug-likeness (QED) is 0.355. The average molecular weight is 532 g/mol. The second-order valence-corrected chi connectivity index (χ2v) is 9.97. The van der Waals surface area contributed by atoms with Gasteiger partial charge in [-0.2, -0.15) is 0 Å². The normalized spacial score (nSPS) is 14.7. The minimum Gasteiger partial charge on any atom is -0.368 e. The standard InChI is InChI=1S/C24H31N7O2.C6H10/c1-15(2)21(22(25)32)29-23-17-6-4-5-7-19(17)27-20(28-23)14-30-8-10-31(11-9-30)24(33)18-13-26-12-16(18)3;1-3-5-6-4-2/h4-7,12-13,15,21,26H,8-11,14H2,1-3H3,(H2,25,32)(H,27,28,29);3,5-6H,1,4H2,2H3/b;6-5-. The van der Waals surface area contributed by atoms with Crippen molar-refractivity contribution in [2.75, 3.05) is 31.5 Å². The van der Waals surface area contributed by atoms with Gasteiger partial charge in [-0.3, -0.25) is 14.5 Å². The highest BCUT2D eigenvalue weighted by atomic mass is 16.2. The third-order valence-corrected chi connectivity index (χ3v) is 6.63. The van der Waals surface area contributed by atoms with E-state index in [1.165, 1.54) is 0 Å². The number of primary amides is 1. The van der Waals surface area contributed by atoms with Gasteiger partial charge in [0.25, 0.3) is 5.91 Å². The van der Waals surface area contributed by atoms with Crippen LogP contribution < -0.4 is 11.1 Å². The Bertz CT molecular complexity index is 1290. The van der Waals surface area contributed by atoms with E-state index in [1.807, 2.05) is 62.2 Å². The van der Waals surface area contributed by atoms with Crippen molar-refractivity contribution < 1.29 is 9.59 Å². The summed E-state index contributed by atoms with van der Waals surface area (Å²) in [6.45, 7) is 14.8. The van der Waals surface area contributed by atoms with E-state index in [4.69, 9.17) is 15.7 Å². The van der Waals surface area contributed by atoms with Gasteiger partial charge in [-0.15, -0.1) is 0 Å². The molecule has 4 N–H and O–H groups in total. The second kappa shape index (κ2) is 14.2. The van der Waals surface area contributed by atoms with Gasteiger partial charge in [0, 0.05) is 44.0 Å². The molecule has 9 heteroatoms. The molecule has 1 aliphatic rings. The van der Waals surface area contributed by atoms with Gasteiger partial charge in [0.2, 0.25) is 5.91 Å². The van der Waals surface area contributed by atoms with E-state index in [0.29, 0.717) is 31.3 Å². The Morgan fingerprint density at radius 3 is 2.44 bits per heavy atom. The van der Waals surface area contributed by atoms with Crippen molar-refractivity contribution in [2.24, 2.45) is 11.7 Å². The van der Waals surface area contributed by atoms with Crippen LogP contribution in [0.5, 0.6) is 0 Å². The van der Waals surface area contributed by atoms with E-state index in [0.717, 1.165) is 41.5 Å². The van der Waals surface area contributed by atoms with Gasteiger partial charge in [0.1, 0.15) is 17.7 Å². The summed E-state index contributed by atoms with van der Waals surface area (Å²) in [5, 5.41) is 4.09. The molecule has 1 unspecified atom stereocenters. The predicted molar refractivity (Wildman–Crippen MR) is 157 cm³/mol. The van der Waals surface area contributed by atoms with E-state index in [9.17, 15) is 9.59 Å². The Hall–Kier alpha value is -3.98. The fourth-order valence-corrected chi connectivity index (χ4v) is 4.40. The van der Waals surface area contributed by atoms with E-state index in [1.54, 1.807) is 12.3 Å². The van der Waals surface area contributed by atoms with Crippen LogP contribution in [0.3, 0.4) is 0 Å². The number of benzene rings is 1. The number of aromatic nitrogens is 3. The van der Waals surface area contributed by atoms with Crippen LogP contribution >= 0.6 is 0 Å². The Morgan fingerprint density at radius 2 is 1.87 bits per heavy atom. The molecule has 9 nitrogen and oxygen atoms in total. The van der Waals surface area contributed by atoms with E-state index in [2.05, 4.69) is 34.8 Å². The molecule has 1 atom stereocenters. The molecule has 0 spiro atoms. The summed E-state index contributed by atoms with van der Waals surface area (Å²) in [4.78, 5) is 41.3. The lowest BCUT2D eigenvalue weighted by atomic mass is 10.0. The van der Waals surface area contributed by atoms with Gasteiger partial charge in [-0.05, 0) is 37.0 Å². The van der Waals surface area contributed by atoms with Crippen molar-refractivity contribution in [1.29, 1.82) is 0 Å². The van der Waals surface area contributed by atoms with Crippen molar-refractivity contribution in [3.63, 3.8) is 0 Å². The highest BCUT2D eigenvalue weighted by Gasteiger charge is 2.25. The first-order chi connectivity index (χ1) is 18.7. The maximum absolute atomic E-state index is 12.8. The summed E-state index contributed by atoms with van der Waals surface area (Å²) >= 11 is 0. The first-order valence-corrected chi connectivity index (χ1v) is 13.5. The monoisotopic (exact) mass is 531 g/mol. The number of aryl methyl sites for hydroxylation is 1. The van der Waals surface area contributed by atoms with Crippen LogP contribution in [-0.4, -0.2) is 68.8 Å². The van der Waals surface area contributed by atoms with Gasteiger partial charge in [-0.1, -0.05) is 57.7 Å². The summed E-state index contributed by atoms with van der Waals surface area (Å²) in [7, 11) is 0. The lowest BCUT2D eigenvalue weighted by molar-refractivity contribution is -0.119.